The number of rotatable bonds is 5. The molecular formula is C16H15NO4. The Kier molecular flexibility index (Phi) is 5.04. The van der Waals surface area contributed by atoms with Crippen LogP contribution < -0.4 is 0 Å². The molecule has 1 atom stereocenters. The van der Waals surface area contributed by atoms with Gasteiger partial charge in [0.2, 0.25) is 6.10 Å². The second kappa shape index (κ2) is 7.19. The summed E-state index contributed by atoms with van der Waals surface area (Å²) >= 11 is 0. The molecule has 0 amide bonds. The van der Waals surface area contributed by atoms with E-state index in [1.807, 2.05) is 30.3 Å². The normalized spacial score (nSPS) is 11.5. The van der Waals surface area contributed by atoms with E-state index in [2.05, 4.69) is 4.98 Å². The molecule has 2 aromatic rings. The molecular weight excluding hydrogens is 270 g/mol. The maximum absolute atomic E-state index is 12.1. The predicted octanol–water partition coefficient (Wildman–Crippen LogP) is 2.43. The zero-order valence-electron chi connectivity index (χ0n) is 11.6. The number of aromatic nitrogens is 1. The zero-order valence-corrected chi connectivity index (χ0v) is 11.6. The fraction of sp³-hybridized carbons (Fsp3) is 0.188. The van der Waals surface area contributed by atoms with Crippen molar-refractivity contribution in [3.8, 4) is 0 Å². The second-order valence-electron chi connectivity index (χ2n) is 4.36. The average molecular weight is 285 g/mol. The highest BCUT2D eigenvalue weighted by Gasteiger charge is 2.25. The Balaban J connectivity index is 2.06. The molecule has 1 aromatic heterocycles. The van der Waals surface area contributed by atoms with Crippen LogP contribution in [0.1, 0.15) is 24.2 Å². The minimum atomic E-state index is -1.07. The summed E-state index contributed by atoms with van der Waals surface area (Å²) in [6, 6.07) is 12.5. The first-order valence-corrected chi connectivity index (χ1v) is 6.44. The van der Waals surface area contributed by atoms with Gasteiger partial charge in [0.05, 0.1) is 0 Å². The van der Waals surface area contributed by atoms with Crippen molar-refractivity contribution in [1.29, 1.82) is 0 Å². The standard InChI is InChI=1S/C16H15NO4/c1-12(18)21-15(14-7-9-17-10-8-14)16(19)20-11-13-5-3-2-4-6-13/h2-10,15H,11H2,1H3. The van der Waals surface area contributed by atoms with Gasteiger partial charge in [0.25, 0.3) is 0 Å². The van der Waals surface area contributed by atoms with Crippen LogP contribution in [0.3, 0.4) is 0 Å². The van der Waals surface area contributed by atoms with Gasteiger partial charge in [-0.15, -0.1) is 0 Å². The van der Waals surface area contributed by atoms with Crippen molar-refractivity contribution in [3.05, 3.63) is 66.0 Å². The van der Waals surface area contributed by atoms with Gasteiger partial charge in [0.15, 0.2) is 0 Å². The van der Waals surface area contributed by atoms with Crippen LogP contribution in [0.2, 0.25) is 0 Å². The number of benzene rings is 1. The van der Waals surface area contributed by atoms with E-state index in [1.165, 1.54) is 19.3 Å². The Morgan fingerprint density at radius 1 is 1.10 bits per heavy atom. The van der Waals surface area contributed by atoms with E-state index in [-0.39, 0.29) is 6.61 Å². The van der Waals surface area contributed by atoms with Crippen molar-refractivity contribution < 1.29 is 19.1 Å². The molecule has 5 nitrogen and oxygen atoms in total. The van der Waals surface area contributed by atoms with Crippen molar-refractivity contribution in [2.75, 3.05) is 0 Å². The Bertz CT molecular complexity index is 598. The highest BCUT2D eigenvalue weighted by Crippen LogP contribution is 2.19. The third-order valence-electron chi connectivity index (χ3n) is 2.73. The summed E-state index contributed by atoms with van der Waals surface area (Å²) in [5.74, 6) is -1.16. The zero-order chi connectivity index (χ0) is 15.1. The molecule has 21 heavy (non-hydrogen) atoms. The van der Waals surface area contributed by atoms with Crippen LogP contribution in [0.15, 0.2) is 54.9 Å². The molecule has 0 fully saturated rings. The van der Waals surface area contributed by atoms with E-state index in [4.69, 9.17) is 9.47 Å². The minimum absolute atomic E-state index is 0.128. The fourth-order valence-corrected chi connectivity index (χ4v) is 1.76. The number of esters is 2. The van der Waals surface area contributed by atoms with Crippen molar-refractivity contribution >= 4 is 11.9 Å². The number of pyridine rings is 1. The van der Waals surface area contributed by atoms with Crippen molar-refractivity contribution in [2.24, 2.45) is 0 Å². The molecule has 1 aromatic carbocycles. The first-order chi connectivity index (χ1) is 10.2. The molecule has 0 aliphatic carbocycles. The van der Waals surface area contributed by atoms with Crippen LogP contribution in [0.5, 0.6) is 0 Å². The SMILES string of the molecule is CC(=O)OC(C(=O)OCc1ccccc1)c1ccncc1. The highest BCUT2D eigenvalue weighted by atomic mass is 16.6. The molecule has 0 saturated carbocycles. The van der Waals surface area contributed by atoms with Crippen LogP contribution in [-0.4, -0.2) is 16.9 Å². The summed E-state index contributed by atoms with van der Waals surface area (Å²) in [6.45, 7) is 1.38. The van der Waals surface area contributed by atoms with Crippen molar-refractivity contribution in [1.82, 2.24) is 4.98 Å². The summed E-state index contributed by atoms with van der Waals surface area (Å²) in [7, 11) is 0. The van der Waals surface area contributed by atoms with E-state index < -0.39 is 18.0 Å². The van der Waals surface area contributed by atoms with Crippen molar-refractivity contribution in [2.45, 2.75) is 19.6 Å². The number of nitrogens with zero attached hydrogens (tertiary/aromatic N) is 1. The first kappa shape index (κ1) is 14.7. The van der Waals surface area contributed by atoms with Crippen LogP contribution in [0.25, 0.3) is 0 Å². The summed E-state index contributed by atoms with van der Waals surface area (Å²) in [6.07, 6.45) is 1.97. The van der Waals surface area contributed by atoms with Crippen molar-refractivity contribution in [3.63, 3.8) is 0 Å². The summed E-state index contributed by atoms with van der Waals surface area (Å²) in [4.78, 5) is 27.2. The molecule has 0 aliphatic rings. The Morgan fingerprint density at radius 3 is 2.38 bits per heavy atom. The third-order valence-corrected chi connectivity index (χ3v) is 2.73. The number of hydrogen-bond acceptors (Lipinski definition) is 5. The highest BCUT2D eigenvalue weighted by molar-refractivity contribution is 5.80. The maximum Gasteiger partial charge on any atom is 0.352 e. The fourth-order valence-electron chi connectivity index (χ4n) is 1.76. The predicted molar refractivity (Wildman–Crippen MR) is 75.0 cm³/mol. The maximum atomic E-state index is 12.1. The molecule has 5 heteroatoms. The van der Waals surface area contributed by atoms with Crippen LogP contribution in [-0.2, 0) is 25.7 Å². The molecule has 0 N–H and O–H groups in total. The first-order valence-electron chi connectivity index (χ1n) is 6.44. The van der Waals surface area contributed by atoms with Crippen LogP contribution in [0.4, 0.5) is 0 Å². The molecule has 0 aliphatic heterocycles. The van der Waals surface area contributed by atoms with E-state index in [0.717, 1.165) is 5.56 Å². The number of hydrogen-bond donors (Lipinski definition) is 0. The molecule has 0 bridgehead atoms. The van der Waals surface area contributed by atoms with Crippen LogP contribution >= 0.6 is 0 Å². The molecule has 1 unspecified atom stereocenters. The lowest BCUT2D eigenvalue weighted by molar-refractivity contribution is -0.168. The molecule has 0 radical (unpaired) electrons. The van der Waals surface area contributed by atoms with E-state index >= 15 is 0 Å². The van der Waals surface area contributed by atoms with Gasteiger partial charge in [0, 0.05) is 24.9 Å². The molecule has 2 rings (SSSR count). The van der Waals surface area contributed by atoms with Gasteiger partial charge in [-0.1, -0.05) is 30.3 Å². The van der Waals surface area contributed by atoms with Gasteiger partial charge < -0.3 is 9.47 Å². The van der Waals surface area contributed by atoms with E-state index in [1.54, 1.807) is 12.1 Å². The monoisotopic (exact) mass is 285 g/mol. The summed E-state index contributed by atoms with van der Waals surface area (Å²) < 4.78 is 10.3. The number of carbonyl (C=O) groups excluding carboxylic acids is 2. The minimum Gasteiger partial charge on any atom is -0.458 e. The van der Waals surface area contributed by atoms with Gasteiger partial charge >= 0.3 is 11.9 Å². The van der Waals surface area contributed by atoms with Crippen LogP contribution in [0, 0.1) is 0 Å². The lowest BCUT2D eigenvalue weighted by Crippen LogP contribution is -2.21. The van der Waals surface area contributed by atoms with Gasteiger partial charge in [-0.3, -0.25) is 9.78 Å². The van der Waals surface area contributed by atoms with Gasteiger partial charge in [0.1, 0.15) is 6.61 Å². The number of carbonyl (C=O) groups is 2. The Hall–Kier alpha value is -2.69. The summed E-state index contributed by atoms with van der Waals surface area (Å²) in [5, 5.41) is 0. The smallest absolute Gasteiger partial charge is 0.352 e. The summed E-state index contributed by atoms with van der Waals surface area (Å²) in [5.41, 5.74) is 1.39. The molecule has 1 heterocycles. The van der Waals surface area contributed by atoms with E-state index in [0.29, 0.717) is 5.56 Å². The quantitative estimate of drug-likeness (QED) is 0.789. The van der Waals surface area contributed by atoms with Gasteiger partial charge in [-0.2, -0.15) is 0 Å². The lowest BCUT2D eigenvalue weighted by Gasteiger charge is -2.16. The topological polar surface area (TPSA) is 65.5 Å². The van der Waals surface area contributed by atoms with Gasteiger partial charge in [-0.05, 0) is 17.7 Å². The molecule has 0 spiro atoms. The molecule has 0 saturated heterocycles. The second-order valence-corrected chi connectivity index (χ2v) is 4.36. The average Bonchev–Trinajstić information content (AvgIpc) is 2.52. The third kappa shape index (κ3) is 4.42. The molecule has 108 valence electrons. The lowest BCUT2D eigenvalue weighted by atomic mass is 10.1. The van der Waals surface area contributed by atoms with Gasteiger partial charge in [-0.25, -0.2) is 4.79 Å². The Morgan fingerprint density at radius 2 is 1.76 bits per heavy atom. The Labute approximate surface area is 122 Å². The van der Waals surface area contributed by atoms with E-state index in [9.17, 15) is 9.59 Å². The number of ether oxygens (including phenoxy) is 2. The largest absolute Gasteiger partial charge is 0.458 e.